The molecule has 130 valence electrons. The van der Waals surface area contributed by atoms with E-state index in [0.29, 0.717) is 5.57 Å². The third-order valence-corrected chi connectivity index (χ3v) is 5.00. The van der Waals surface area contributed by atoms with Crippen LogP contribution in [-0.4, -0.2) is 26.4 Å². The molecule has 2 aromatic rings. The Morgan fingerprint density at radius 3 is 1.92 bits per heavy atom. The van der Waals surface area contributed by atoms with Gasteiger partial charge in [-0.15, -0.1) is 0 Å². The van der Waals surface area contributed by atoms with Gasteiger partial charge in [-0.3, -0.25) is 0 Å². The summed E-state index contributed by atoms with van der Waals surface area (Å²) < 4.78 is 11.4. The zero-order valence-corrected chi connectivity index (χ0v) is 14.8. The van der Waals surface area contributed by atoms with Crippen molar-refractivity contribution in [1.29, 1.82) is 10.5 Å². The summed E-state index contributed by atoms with van der Waals surface area (Å²) in [6.07, 6.45) is 0.822. The lowest BCUT2D eigenvalue weighted by molar-refractivity contribution is -0.0687. The fraction of sp³-hybridized carbons (Fsp3) is 0.273. The fourth-order valence-corrected chi connectivity index (χ4v) is 3.75. The van der Waals surface area contributed by atoms with E-state index in [1.54, 1.807) is 7.11 Å². The molecule has 26 heavy (non-hydrogen) atoms. The van der Waals surface area contributed by atoms with Crippen molar-refractivity contribution in [2.24, 2.45) is 5.41 Å². The molecule has 4 nitrogen and oxygen atoms in total. The zero-order valence-electron chi connectivity index (χ0n) is 14.8. The quantitative estimate of drug-likeness (QED) is 0.843. The molecule has 2 aromatic carbocycles. The van der Waals surface area contributed by atoms with Crippen LogP contribution >= 0.6 is 0 Å². The lowest BCUT2D eigenvalue weighted by Gasteiger charge is -2.42. The minimum absolute atomic E-state index is 0.129. The van der Waals surface area contributed by atoms with Crippen LogP contribution in [0.25, 0.3) is 5.57 Å². The molecule has 0 heterocycles. The number of nitrogens with zero attached hydrogens (tertiary/aromatic N) is 2. The molecule has 0 spiro atoms. The van der Waals surface area contributed by atoms with Crippen LogP contribution in [0.4, 0.5) is 0 Å². The summed E-state index contributed by atoms with van der Waals surface area (Å²) in [5.41, 5.74) is 1.12. The smallest absolute Gasteiger partial charge is 0.197 e. The third-order valence-electron chi connectivity index (χ3n) is 5.00. The van der Waals surface area contributed by atoms with Crippen LogP contribution < -0.4 is 0 Å². The van der Waals surface area contributed by atoms with Crippen LogP contribution in [0.15, 0.2) is 66.7 Å². The molecule has 0 aromatic heterocycles. The summed E-state index contributed by atoms with van der Waals surface area (Å²) in [7, 11) is 3.11. The van der Waals surface area contributed by atoms with Gasteiger partial charge in [0.25, 0.3) is 0 Å². The Labute approximate surface area is 153 Å². The normalized spacial score (nSPS) is 24.2. The summed E-state index contributed by atoms with van der Waals surface area (Å²) in [5, 5.41) is 20.0. The summed E-state index contributed by atoms with van der Waals surface area (Å²) in [5.74, 6) is -0.129. The number of nitriles is 2. The van der Waals surface area contributed by atoms with Gasteiger partial charge in [0, 0.05) is 20.1 Å². The Bertz CT molecular complexity index is 849. The third kappa shape index (κ3) is 2.80. The Hall–Kier alpha value is -2.92. The minimum atomic E-state index is -1.44. The van der Waals surface area contributed by atoms with Gasteiger partial charge in [-0.05, 0) is 16.7 Å². The predicted molar refractivity (Wildman–Crippen MR) is 98.9 cm³/mol. The zero-order chi connectivity index (χ0) is 18.6. The van der Waals surface area contributed by atoms with Crippen LogP contribution in [0.5, 0.6) is 0 Å². The van der Waals surface area contributed by atoms with E-state index in [-0.39, 0.29) is 5.92 Å². The van der Waals surface area contributed by atoms with Gasteiger partial charge in [0.15, 0.2) is 5.41 Å². The van der Waals surface area contributed by atoms with Crippen molar-refractivity contribution < 1.29 is 9.47 Å². The second-order valence-corrected chi connectivity index (χ2v) is 6.27. The molecule has 0 fully saturated rings. The van der Waals surface area contributed by atoms with E-state index in [1.807, 2.05) is 66.7 Å². The molecule has 1 aliphatic carbocycles. The average molecular weight is 344 g/mol. The van der Waals surface area contributed by atoms with Gasteiger partial charge in [-0.25, -0.2) is 0 Å². The standard InChI is InChI=1S/C22H20N2O2/c1-25-20-18(16-9-5-3-6-10-16)13-19(17-11-7-4-8-12-17)22(14-23,15-24)21(20)26-2/h3-13,18,20-21H,1-2H3. The number of benzene rings is 2. The van der Waals surface area contributed by atoms with Crippen molar-refractivity contribution in [3.05, 3.63) is 77.9 Å². The molecular formula is C22H20N2O2. The molecule has 0 aliphatic heterocycles. The summed E-state index contributed by atoms with van der Waals surface area (Å²) in [6, 6.07) is 23.9. The Morgan fingerprint density at radius 1 is 0.846 bits per heavy atom. The first kappa shape index (κ1) is 17.9. The van der Waals surface area contributed by atoms with Crippen LogP contribution in [-0.2, 0) is 9.47 Å². The highest BCUT2D eigenvalue weighted by Crippen LogP contribution is 2.49. The van der Waals surface area contributed by atoms with Crippen molar-refractivity contribution in [2.45, 2.75) is 18.1 Å². The molecule has 4 heteroatoms. The van der Waals surface area contributed by atoms with Crippen molar-refractivity contribution >= 4 is 5.57 Å². The number of methoxy groups -OCH3 is 2. The number of rotatable bonds is 4. The van der Waals surface area contributed by atoms with Crippen molar-refractivity contribution in [3.63, 3.8) is 0 Å². The molecule has 0 N–H and O–H groups in total. The van der Waals surface area contributed by atoms with Gasteiger partial charge in [0.05, 0.1) is 18.2 Å². The van der Waals surface area contributed by atoms with Crippen molar-refractivity contribution in [2.75, 3.05) is 14.2 Å². The molecule has 0 amide bonds. The van der Waals surface area contributed by atoms with Gasteiger partial charge >= 0.3 is 0 Å². The van der Waals surface area contributed by atoms with Crippen LogP contribution in [0.3, 0.4) is 0 Å². The molecule has 3 atom stereocenters. The van der Waals surface area contributed by atoms with E-state index in [9.17, 15) is 10.5 Å². The van der Waals surface area contributed by atoms with Gasteiger partial charge in [0.1, 0.15) is 6.10 Å². The lowest BCUT2D eigenvalue weighted by Crippen LogP contribution is -2.50. The Balaban J connectivity index is 2.27. The average Bonchev–Trinajstić information content (AvgIpc) is 2.73. The lowest BCUT2D eigenvalue weighted by atomic mass is 9.65. The molecule has 0 bridgehead atoms. The minimum Gasteiger partial charge on any atom is -0.378 e. The largest absolute Gasteiger partial charge is 0.378 e. The first-order valence-electron chi connectivity index (χ1n) is 8.42. The topological polar surface area (TPSA) is 66.0 Å². The SMILES string of the molecule is COC1C(c2ccccc2)C=C(c2ccccc2)C(C#N)(C#N)C1OC. The van der Waals surface area contributed by atoms with Crippen molar-refractivity contribution in [3.8, 4) is 12.1 Å². The number of hydrogen-bond donors (Lipinski definition) is 0. The maximum Gasteiger partial charge on any atom is 0.197 e. The molecule has 0 saturated heterocycles. The molecule has 0 radical (unpaired) electrons. The monoisotopic (exact) mass is 344 g/mol. The van der Waals surface area contributed by atoms with Crippen LogP contribution in [0, 0.1) is 28.1 Å². The number of ether oxygens (including phenoxy) is 2. The second kappa shape index (κ2) is 7.54. The molecule has 3 rings (SSSR count). The maximum absolute atomic E-state index is 10.00. The summed E-state index contributed by atoms with van der Waals surface area (Å²) in [6.45, 7) is 0. The number of hydrogen-bond acceptors (Lipinski definition) is 4. The molecule has 1 aliphatic rings. The highest BCUT2D eigenvalue weighted by molar-refractivity contribution is 5.78. The van der Waals surface area contributed by atoms with E-state index in [4.69, 9.17) is 9.47 Å². The van der Waals surface area contributed by atoms with Gasteiger partial charge < -0.3 is 9.47 Å². The molecule has 3 unspecified atom stereocenters. The second-order valence-electron chi connectivity index (χ2n) is 6.27. The van der Waals surface area contributed by atoms with E-state index in [0.717, 1.165) is 11.1 Å². The Kier molecular flexibility index (Phi) is 5.19. The van der Waals surface area contributed by atoms with E-state index in [1.165, 1.54) is 7.11 Å². The van der Waals surface area contributed by atoms with E-state index in [2.05, 4.69) is 12.1 Å². The first-order valence-corrected chi connectivity index (χ1v) is 8.42. The van der Waals surface area contributed by atoms with Gasteiger partial charge in [-0.1, -0.05) is 66.7 Å². The highest BCUT2D eigenvalue weighted by Gasteiger charge is 2.53. The highest BCUT2D eigenvalue weighted by atomic mass is 16.5. The molecule has 0 saturated carbocycles. The summed E-state index contributed by atoms with van der Waals surface area (Å²) in [4.78, 5) is 0. The van der Waals surface area contributed by atoms with Gasteiger partial charge in [0.2, 0.25) is 0 Å². The predicted octanol–water partition coefficient (Wildman–Crippen LogP) is 3.93. The first-order chi connectivity index (χ1) is 12.7. The Morgan fingerprint density at radius 2 is 1.42 bits per heavy atom. The molecular weight excluding hydrogens is 324 g/mol. The summed E-state index contributed by atoms with van der Waals surface area (Å²) >= 11 is 0. The van der Waals surface area contributed by atoms with E-state index >= 15 is 0 Å². The van der Waals surface area contributed by atoms with Crippen molar-refractivity contribution in [1.82, 2.24) is 0 Å². The van der Waals surface area contributed by atoms with E-state index < -0.39 is 17.6 Å². The maximum atomic E-state index is 10.00. The fourth-order valence-electron chi connectivity index (χ4n) is 3.75. The van der Waals surface area contributed by atoms with Gasteiger partial charge in [-0.2, -0.15) is 10.5 Å². The van der Waals surface area contributed by atoms with Crippen LogP contribution in [0.2, 0.25) is 0 Å². The van der Waals surface area contributed by atoms with Crippen LogP contribution in [0.1, 0.15) is 17.0 Å².